The first-order valence-electron chi connectivity index (χ1n) is 25.4. The van der Waals surface area contributed by atoms with Crippen LogP contribution >= 0.6 is 0 Å². The van der Waals surface area contributed by atoms with E-state index < -0.39 is 6.10 Å². The molecule has 0 spiro atoms. The fourth-order valence-corrected chi connectivity index (χ4v) is 6.23. The lowest BCUT2D eigenvalue weighted by Crippen LogP contribution is -2.30. The third-order valence-electron chi connectivity index (χ3n) is 9.95. The van der Waals surface area contributed by atoms with Gasteiger partial charge in [-0.1, -0.05) is 205 Å². The molecule has 6 heteroatoms. The number of hydrogen-bond donors (Lipinski definition) is 0. The number of esters is 3. The molecule has 0 amide bonds. The molecular weight excluding hydrogens is 805 g/mol. The van der Waals surface area contributed by atoms with Crippen LogP contribution in [-0.2, 0) is 28.6 Å². The predicted octanol–water partition coefficient (Wildman–Crippen LogP) is 16.9. The highest BCUT2D eigenvalue weighted by atomic mass is 16.6. The van der Waals surface area contributed by atoms with Crippen molar-refractivity contribution in [2.24, 2.45) is 0 Å². The van der Waals surface area contributed by atoms with Gasteiger partial charge >= 0.3 is 17.9 Å². The van der Waals surface area contributed by atoms with Gasteiger partial charge in [0.25, 0.3) is 0 Å². The van der Waals surface area contributed by atoms with Gasteiger partial charge in [-0.05, 0) is 109 Å². The number of hydrogen-bond acceptors (Lipinski definition) is 6. The highest BCUT2D eigenvalue weighted by molar-refractivity contribution is 5.71. The Morgan fingerprint density at radius 2 is 0.631 bits per heavy atom. The topological polar surface area (TPSA) is 78.9 Å². The van der Waals surface area contributed by atoms with Crippen molar-refractivity contribution >= 4 is 17.9 Å². The van der Waals surface area contributed by atoms with Crippen molar-refractivity contribution in [3.05, 3.63) is 146 Å². The Bertz CT molecular complexity index is 1490. The van der Waals surface area contributed by atoms with Crippen molar-refractivity contribution < 1.29 is 28.6 Å². The third-order valence-corrected chi connectivity index (χ3v) is 9.95. The van der Waals surface area contributed by atoms with Gasteiger partial charge in [0.2, 0.25) is 0 Å². The highest BCUT2D eigenvalue weighted by Gasteiger charge is 2.19. The summed E-state index contributed by atoms with van der Waals surface area (Å²) in [7, 11) is 0. The zero-order valence-electron chi connectivity index (χ0n) is 41.2. The molecule has 0 aliphatic heterocycles. The van der Waals surface area contributed by atoms with Gasteiger partial charge in [-0.2, -0.15) is 0 Å². The molecule has 0 bridgehead atoms. The van der Waals surface area contributed by atoms with E-state index in [1.165, 1.54) is 12.8 Å². The minimum absolute atomic E-state index is 0.121. The van der Waals surface area contributed by atoms with Gasteiger partial charge in [0.05, 0.1) is 0 Å². The van der Waals surface area contributed by atoms with E-state index in [2.05, 4.69) is 118 Å². The molecule has 0 saturated carbocycles. The quantitative estimate of drug-likeness (QED) is 0.0199. The van der Waals surface area contributed by atoms with Crippen molar-refractivity contribution in [2.45, 2.75) is 194 Å². The van der Waals surface area contributed by atoms with Crippen LogP contribution in [0.4, 0.5) is 0 Å². The molecule has 0 aromatic rings. The van der Waals surface area contributed by atoms with E-state index in [4.69, 9.17) is 14.2 Å². The standard InChI is InChI=1S/C59H90O6/c1-4-7-10-13-16-19-22-25-28-31-34-37-40-43-46-49-52-58(61)64-55-56(54-63-57(60)51-48-45-42-39-36-33-30-27-24-21-18-15-12-9-6-3)65-59(62)53-50-47-44-41-38-35-32-29-26-23-20-17-14-11-8-5-2/h7-12,15-21,24-30,33-34,36-37,56H,4-6,13-14,22-23,31-32,35,38-55H2,1-3H3/b10-7-,11-8-,12-9-,18-15-,19-16-,20-17-,24-21-,28-25-,29-26-,30-27-,36-33-,37-34-. The maximum Gasteiger partial charge on any atom is 0.306 e. The van der Waals surface area contributed by atoms with Gasteiger partial charge in [0.1, 0.15) is 13.2 Å². The van der Waals surface area contributed by atoms with Crippen LogP contribution in [0.15, 0.2) is 146 Å². The van der Waals surface area contributed by atoms with Crippen LogP contribution in [-0.4, -0.2) is 37.2 Å². The average molecular weight is 895 g/mol. The Labute approximate surface area is 397 Å². The van der Waals surface area contributed by atoms with E-state index in [0.717, 1.165) is 135 Å². The Balaban J connectivity index is 4.58. The highest BCUT2D eigenvalue weighted by Crippen LogP contribution is 2.12. The number of ether oxygens (including phenoxy) is 3. The van der Waals surface area contributed by atoms with Crippen LogP contribution in [0.25, 0.3) is 0 Å². The molecule has 0 radical (unpaired) electrons. The Kier molecular flexibility index (Phi) is 48.2. The number of carbonyl (C=O) groups is 3. The van der Waals surface area contributed by atoms with Crippen LogP contribution in [0.5, 0.6) is 0 Å². The lowest BCUT2D eigenvalue weighted by molar-refractivity contribution is -0.167. The first-order valence-corrected chi connectivity index (χ1v) is 25.4. The second-order valence-corrected chi connectivity index (χ2v) is 16.1. The SMILES string of the molecule is CC\C=C/C=C\C=C/C=C\C=C/CCCCCC(=O)OCC(COC(=O)CCCCC/C=C\C/C=C\C/C=C\C/C=C\CC)OC(=O)CCCCCCCC/C=C\C/C=C\C/C=C\CC. The first-order chi connectivity index (χ1) is 32.0. The molecular formula is C59H90O6. The van der Waals surface area contributed by atoms with Gasteiger partial charge in [-0.15, -0.1) is 0 Å². The van der Waals surface area contributed by atoms with Crippen LogP contribution in [0.2, 0.25) is 0 Å². The maximum atomic E-state index is 12.8. The molecule has 0 saturated heterocycles. The van der Waals surface area contributed by atoms with Crippen molar-refractivity contribution in [2.75, 3.05) is 13.2 Å². The molecule has 0 aliphatic rings. The zero-order chi connectivity index (χ0) is 47.2. The fraction of sp³-hybridized carbons (Fsp3) is 0.542. The van der Waals surface area contributed by atoms with Crippen molar-refractivity contribution in [1.29, 1.82) is 0 Å². The minimum atomic E-state index is -0.822. The van der Waals surface area contributed by atoms with E-state index in [1.54, 1.807) is 0 Å². The predicted molar refractivity (Wildman–Crippen MR) is 279 cm³/mol. The molecule has 0 aromatic carbocycles. The summed E-state index contributed by atoms with van der Waals surface area (Å²) < 4.78 is 16.7. The third kappa shape index (κ3) is 50.2. The summed E-state index contributed by atoms with van der Waals surface area (Å²) >= 11 is 0. The van der Waals surface area contributed by atoms with E-state index >= 15 is 0 Å². The van der Waals surface area contributed by atoms with Gasteiger partial charge in [-0.25, -0.2) is 0 Å². The molecule has 1 unspecified atom stereocenters. The second-order valence-electron chi connectivity index (χ2n) is 16.1. The largest absolute Gasteiger partial charge is 0.462 e. The van der Waals surface area contributed by atoms with Crippen LogP contribution in [0.3, 0.4) is 0 Å². The summed E-state index contributed by atoms with van der Waals surface area (Å²) in [6.07, 6.45) is 74.0. The smallest absolute Gasteiger partial charge is 0.306 e. The van der Waals surface area contributed by atoms with E-state index in [-0.39, 0.29) is 37.5 Å². The lowest BCUT2D eigenvalue weighted by Gasteiger charge is -2.18. The van der Waals surface area contributed by atoms with Crippen molar-refractivity contribution in [3.8, 4) is 0 Å². The fourth-order valence-electron chi connectivity index (χ4n) is 6.23. The number of unbranched alkanes of at least 4 members (excludes halogenated alkanes) is 12. The first kappa shape index (κ1) is 60.3. The summed E-state index contributed by atoms with van der Waals surface area (Å²) in [6.45, 7) is 6.17. The molecule has 362 valence electrons. The summed E-state index contributed by atoms with van der Waals surface area (Å²) in [5.41, 5.74) is 0. The summed E-state index contributed by atoms with van der Waals surface area (Å²) in [5, 5.41) is 0. The van der Waals surface area contributed by atoms with Gasteiger partial charge in [0.15, 0.2) is 6.10 Å². The van der Waals surface area contributed by atoms with E-state index in [1.807, 2.05) is 48.6 Å². The van der Waals surface area contributed by atoms with Gasteiger partial charge < -0.3 is 14.2 Å². The van der Waals surface area contributed by atoms with Crippen molar-refractivity contribution in [3.63, 3.8) is 0 Å². The molecule has 1 atom stereocenters. The second kappa shape index (κ2) is 51.9. The summed E-state index contributed by atoms with van der Waals surface area (Å²) in [6, 6.07) is 0. The lowest BCUT2D eigenvalue weighted by atomic mass is 10.1. The number of allylic oxidation sites excluding steroid dienone is 24. The molecule has 0 aliphatic carbocycles. The van der Waals surface area contributed by atoms with Crippen LogP contribution < -0.4 is 0 Å². The van der Waals surface area contributed by atoms with E-state index in [0.29, 0.717) is 12.8 Å². The molecule has 0 fully saturated rings. The Morgan fingerprint density at radius 1 is 0.323 bits per heavy atom. The normalized spacial score (nSPS) is 13.3. The summed E-state index contributed by atoms with van der Waals surface area (Å²) in [4.78, 5) is 38.0. The number of carbonyl (C=O) groups excluding carboxylic acids is 3. The molecule has 0 aromatic heterocycles. The van der Waals surface area contributed by atoms with Gasteiger partial charge in [0, 0.05) is 19.3 Å². The molecule has 6 nitrogen and oxygen atoms in total. The van der Waals surface area contributed by atoms with Gasteiger partial charge in [-0.3, -0.25) is 14.4 Å². The average Bonchev–Trinajstić information content (AvgIpc) is 3.30. The Morgan fingerprint density at radius 3 is 1.06 bits per heavy atom. The minimum Gasteiger partial charge on any atom is -0.462 e. The van der Waals surface area contributed by atoms with Crippen LogP contribution in [0, 0.1) is 0 Å². The Hall–Kier alpha value is -4.71. The molecule has 65 heavy (non-hydrogen) atoms. The van der Waals surface area contributed by atoms with E-state index in [9.17, 15) is 14.4 Å². The summed E-state index contributed by atoms with van der Waals surface area (Å²) in [5.74, 6) is -1.02. The molecule has 0 heterocycles. The maximum absolute atomic E-state index is 12.8. The zero-order valence-corrected chi connectivity index (χ0v) is 41.2. The van der Waals surface area contributed by atoms with Crippen molar-refractivity contribution in [1.82, 2.24) is 0 Å². The monoisotopic (exact) mass is 895 g/mol. The van der Waals surface area contributed by atoms with Crippen LogP contribution in [0.1, 0.15) is 188 Å². The molecule has 0 rings (SSSR count). The molecule has 0 N–H and O–H groups in total. The number of rotatable bonds is 43.